The number of hydrogen-bond acceptors (Lipinski definition) is 4. The van der Waals surface area contributed by atoms with Crippen molar-refractivity contribution in [3.8, 4) is 0 Å². The molecule has 1 amide bonds. The van der Waals surface area contributed by atoms with Gasteiger partial charge in [-0.05, 0) is 24.7 Å². The van der Waals surface area contributed by atoms with Crippen molar-refractivity contribution in [2.24, 2.45) is 11.7 Å². The van der Waals surface area contributed by atoms with Crippen LogP contribution in [0.4, 0.5) is 0 Å². The van der Waals surface area contributed by atoms with E-state index < -0.39 is 0 Å². The number of nitrogens with two attached hydrogens (primary N) is 1. The first-order chi connectivity index (χ1) is 9.06. The normalized spacial score (nSPS) is 22.9. The van der Waals surface area contributed by atoms with Gasteiger partial charge in [-0.25, -0.2) is 4.98 Å². The molecule has 0 saturated heterocycles. The fraction of sp³-hybridized carbons (Fsp3) is 0.714. The lowest BCUT2D eigenvalue weighted by Gasteiger charge is -2.14. The molecule has 5 heteroatoms. The maximum atomic E-state index is 11.9. The molecule has 4 nitrogen and oxygen atoms in total. The first-order valence-electron chi connectivity index (χ1n) is 7.03. The minimum absolute atomic E-state index is 0.101. The molecule has 0 bridgehead atoms. The second-order valence-electron chi connectivity index (χ2n) is 5.66. The summed E-state index contributed by atoms with van der Waals surface area (Å²) >= 11 is 1.61. The quantitative estimate of drug-likeness (QED) is 0.871. The van der Waals surface area contributed by atoms with E-state index in [1.807, 2.05) is 0 Å². The fourth-order valence-electron chi connectivity index (χ4n) is 2.47. The molecule has 3 N–H and O–H groups in total. The van der Waals surface area contributed by atoms with Crippen molar-refractivity contribution in [3.63, 3.8) is 0 Å². The van der Waals surface area contributed by atoms with E-state index in [2.05, 4.69) is 29.5 Å². The van der Waals surface area contributed by atoms with Crippen molar-refractivity contribution < 1.29 is 4.79 Å². The van der Waals surface area contributed by atoms with E-state index in [9.17, 15) is 4.79 Å². The van der Waals surface area contributed by atoms with Crippen molar-refractivity contribution >= 4 is 17.2 Å². The molecule has 19 heavy (non-hydrogen) atoms. The van der Waals surface area contributed by atoms with Gasteiger partial charge in [0.2, 0.25) is 5.91 Å². The van der Waals surface area contributed by atoms with E-state index in [0.29, 0.717) is 24.8 Å². The maximum Gasteiger partial charge on any atom is 0.220 e. The van der Waals surface area contributed by atoms with Crippen LogP contribution in [0.1, 0.15) is 56.2 Å². The summed E-state index contributed by atoms with van der Waals surface area (Å²) in [5.74, 6) is 0.906. The summed E-state index contributed by atoms with van der Waals surface area (Å²) in [6, 6.07) is 0.207. The lowest BCUT2D eigenvalue weighted by molar-refractivity contribution is -0.122. The van der Waals surface area contributed by atoms with E-state index in [0.717, 1.165) is 30.0 Å². The summed E-state index contributed by atoms with van der Waals surface area (Å²) in [7, 11) is 0. The van der Waals surface area contributed by atoms with Gasteiger partial charge in [0.15, 0.2) is 0 Å². The summed E-state index contributed by atoms with van der Waals surface area (Å²) in [4.78, 5) is 16.4. The molecule has 2 atom stereocenters. The highest BCUT2D eigenvalue weighted by atomic mass is 32.1. The Kier molecular flexibility index (Phi) is 4.93. The van der Waals surface area contributed by atoms with Crippen LogP contribution in [0.25, 0.3) is 0 Å². The van der Waals surface area contributed by atoms with Gasteiger partial charge in [-0.1, -0.05) is 20.3 Å². The van der Waals surface area contributed by atoms with Gasteiger partial charge >= 0.3 is 0 Å². The summed E-state index contributed by atoms with van der Waals surface area (Å²) in [6.45, 7) is 4.79. The molecule has 0 aromatic carbocycles. The second kappa shape index (κ2) is 6.48. The van der Waals surface area contributed by atoms with Gasteiger partial charge in [-0.3, -0.25) is 4.79 Å². The summed E-state index contributed by atoms with van der Waals surface area (Å²) in [5.41, 5.74) is 7.08. The Hall–Kier alpha value is -0.940. The lowest BCUT2D eigenvalue weighted by Crippen LogP contribution is -2.31. The number of rotatable bonds is 5. The highest BCUT2D eigenvalue weighted by Gasteiger charge is 2.25. The highest BCUT2D eigenvalue weighted by Crippen LogP contribution is 2.26. The van der Waals surface area contributed by atoms with E-state index in [4.69, 9.17) is 5.73 Å². The van der Waals surface area contributed by atoms with Crippen LogP contribution >= 0.6 is 11.3 Å². The third kappa shape index (κ3) is 4.01. The number of nitrogens with one attached hydrogen (secondary N) is 1. The van der Waals surface area contributed by atoms with Crippen LogP contribution in [0, 0.1) is 5.92 Å². The molecule has 1 fully saturated rings. The van der Waals surface area contributed by atoms with Crippen molar-refractivity contribution in [2.75, 3.05) is 0 Å². The fourth-order valence-corrected chi connectivity index (χ4v) is 3.37. The molecule has 0 aliphatic heterocycles. The Labute approximate surface area is 118 Å². The number of amides is 1. The molecule has 2 rings (SSSR count). The van der Waals surface area contributed by atoms with Gasteiger partial charge in [-0.15, -0.1) is 11.3 Å². The predicted octanol–water partition coefficient (Wildman–Crippen LogP) is 2.40. The van der Waals surface area contributed by atoms with E-state index in [1.165, 1.54) is 0 Å². The average molecular weight is 281 g/mol. The molecule has 0 unspecified atom stereocenters. The molecule has 1 aromatic rings. The van der Waals surface area contributed by atoms with Crippen LogP contribution < -0.4 is 11.1 Å². The minimum atomic E-state index is 0.101. The lowest BCUT2D eigenvalue weighted by atomic mass is 10.00. The summed E-state index contributed by atoms with van der Waals surface area (Å²) < 4.78 is 0. The molecule has 0 radical (unpaired) electrons. The van der Waals surface area contributed by atoms with Crippen molar-refractivity contribution in [1.29, 1.82) is 0 Å². The van der Waals surface area contributed by atoms with Crippen LogP contribution in [0.5, 0.6) is 0 Å². The number of nitrogens with zero attached hydrogens (tertiary/aromatic N) is 1. The van der Waals surface area contributed by atoms with Gasteiger partial charge in [0.25, 0.3) is 0 Å². The van der Waals surface area contributed by atoms with Gasteiger partial charge in [0.1, 0.15) is 5.01 Å². The molecule has 1 aliphatic rings. The van der Waals surface area contributed by atoms with Crippen LogP contribution in [0.3, 0.4) is 0 Å². The number of hydrogen-bond donors (Lipinski definition) is 2. The zero-order valence-corrected chi connectivity index (χ0v) is 12.5. The van der Waals surface area contributed by atoms with Crippen molar-refractivity contribution in [3.05, 3.63) is 16.1 Å². The molecule has 1 aromatic heterocycles. The monoisotopic (exact) mass is 281 g/mol. The van der Waals surface area contributed by atoms with E-state index in [-0.39, 0.29) is 11.9 Å². The minimum Gasteiger partial charge on any atom is -0.350 e. The first kappa shape index (κ1) is 14.5. The largest absolute Gasteiger partial charge is 0.350 e. The number of thiazole rings is 1. The Morgan fingerprint density at radius 1 is 1.58 bits per heavy atom. The third-order valence-electron chi connectivity index (χ3n) is 3.76. The Morgan fingerprint density at radius 2 is 2.37 bits per heavy atom. The Morgan fingerprint density at radius 3 is 2.95 bits per heavy atom. The molecule has 1 aliphatic carbocycles. The first-order valence-corrected chi connectivity index (χ1v) is 7.90. The Bertz CT molecular complexity index is 430. The predicted molar refractivity (Wildman–Crippen MR) is 78.0 cm³/mol. The van der Waals surface area contributed by atoms with E-state index in [1.54, 1.807) is 11.3 Å². The SMILES string of the molecule is CC(C)c1csc(CNC(=O)C[C@@H]2CCC[C@H]2N)n1. The zero-order chi connectivity index (χ0) is 13.8. The molecular formula is C14H23N3OS. The molecule has 0 spiro atoms. The van der Waals surface area contributed by atoms with Crippen molar-refractivity contribution in [1.82, 2.24) is 10.3 Å². The van der Waals surface area contributed by atoms with Crippen molar-refractivity contribution in [2.45, 2.75) is 58.0 Å². The van der Waals surface area contributed by atoms with Gasteiger partial charge in [-0.2, -0.15) is 0 Å². The van der Waals surface area contributed by atoms with Crippen LogP contribution in [-0.4, -0.2) is 16.9 Å². The van der Waals surface area contributed by atoms with Crippen LogP contribution in [0.15, 0.2) is 5.38 Å². The summed E-state index contributed by atoms with van der Waals surface area (Å²) in [6.07, 6.45) is 3.86. The molecule has 106 valence electrons. The smallest absolute Gasteiger partial charge is 0.220 e. The van der Waals surface area contributed by atoms with Crippen LogP contribution in [-0.2, 0) is 11.3 Å². The zero-order valence-electron chi connectivity index (χ0n) is 11.7. The Balaban J connectivity index is 1.76. The number of aromatic nitrogens is 1. The topological polar surface area (TPSA) is 68.0 Å². The molecule has 1 saturated carbocycles. The average Bonchev–Trinajstić information content (AvgIpc) is 2.97. The summed E-state index contributed by atoms with van der Waals surface area (Å²) in [5, 5.41) is 6.00. The van der Waals surface area contributed by atoms with Gasteiger partial charge in [0.05, 0.1) is 12.2 Å². The molecule has 1 heterocycles. The standard InChI is InChI=1S/C14H23N3OS/c1-9(2)12-8-19-14(17-12)7-16-13(18)6-10-4-3-5-11(10)15/h8-11H,3-7,15H2,1-2H3,(H,16,18)/t10-,11+/m0/s1. The second-order valence-corrected chi connectivity index (χ2v) is 6.60. The third-order valence-corrected chi connectivity index (χ3v) is 4.63. The van der Waals surface area contributed by atoms with E-state index >= 15 is 0 Å². The molecular weight excluding hydrogens is 258 g/mol. The maximum absolute atomic E-state index is 11.9. The number of carbonyl (C=O) groups excluding carboxylic acids is 1. The van der Waals surface area contributed by atoms with Gasteiger partial charge in [0, 0.05) is 17.8 Å². The van der Waals surface area contributed by atoms with Crippen LogP contribution in [0.2, 0.25) is 0 Å². The highest BCUT2D eigenvalue weighted by molar-refractivity contribution is 7.09. The van der Waals surface area contributed by atoms with Gasteiger partial charge < -0.3 is 11.1 Å². The number of carbonyl (C=O) groups is 1.